The van der Waals surface area contributed by atoms with E-state index in [4.69, 9.17) is 0 Å². The van der Waals surface area contributed by atoms with Crippen molar-refractivity contribution in [2.24, 2.45) is 0 Å². The van der Waals surface area contributed by atoms with Gasteiger partial charge in [0.2, 0.25) is 0 Å². The number of aliphatic hydroxyl groups is 1. The summed E-state index contributed by atoms with van der Waals surface area (Å²) in [6, 6.07) is 6.91. The normalized spacial score (nSPS) is 16.7. The van der Waals surface area contributed by atoms with Gasteiger partial charge in [0.1, 0.15) is 11.3 Å². The second-order valence-electron chi connectivity index (χ2n) is 6.49. The highest BCUT2D eigenvalue weighted by atomic mass is 19.4. The van der Waals surface area contributed by atoms with Gasteiger partial charge in [-0.15, -0.1) is 0 Å². The molecule has 0 spiro atoms. The molecule has 0 saturated heterocycles. The Labute approximate surface area is 153 Å². The molecule has 0 fully saturated rings. The van der Waals surface area contributed by atoms with Crippen LogP contribution >= 0.6 is 0 Å². The maximum absolute atomic E-state index is 12.7. The average Bonchev–Trinajstić information content (AvgIpc) is 2.61. The molecule has 144 valence electrons. The lowest BCUT2D eigenvalue weighted by atomic mass is 9.84. The van der Waals surface area contributed by atoms with Gasteiger partial charge in [-0.25, -0.2) is 0 Å². The van der Waals surface area contributed by atoms with Gasteiger partial charge in [-0.2, -0.15) is 13.2 Å². The minimum Gasteiger partial charge on any atom is -0.396 e. The van der Waals surface area contributed by atoms with Crippen LogP contribution in [0.4, 0.5) is 13.2 Å². The first-order valence-electron chi connectivity index (χ1n) is 8.64. The Balaban J connectivity index is 1.84. The van der Waals surface area contributed by atoms with Crippen LogP contribution in [-0.4, -0.2) is 22.6 Å². The van der Waals surface area contributed by atoms with Crippen molar-refractivity contribution >= 4 is 5.91 Å². The van der Waals surface area contributed by atoms with Crippen molar-refractivity contribution < 1.29 is 23.1 Å². The van der Waals surface area contributed by atoms with E-state index < -0.39 is 23.3 Å². The number of hydrogen-bond acceptors (Lipinski definition) is 3. The zero-order valence-electron chi connectivity index (χ0n) is 14.4. The fourth-order valence-corrected chi connectivity index (χ4v) is 3.48. The van der Waals surface area contributed by atoms with Crippen LogP contribution in [0.3, 0.4) is 0 Å². The fourth-order valence-electron chi connectivity index (χ4n) is 3.48. The number of carbonyl (C=O) groups is 1. The number of nitrogens with one attached hydrogen (secondary N) is 2. The van der Waals surface area contributed by atoms with Crippen LogP contribution in [0.2, 0.25) is 0 Å². The summed E-state index contributed by atoms with van der Waals surface area (Å²) in [4.78, 5) is 26.1. The first-order valence-corrected chi connectivity index (χ1v) is 8.64. The first kappa shape index (κ1) is 19.2. The molecule has 1 aromatic carbocycles. The molecule has 1 atom stereocenters. The quantitative estimate of drug-likeness (QED) is 0.763. The van der Waals surface area contributed by atoms with Crippen LogP contribution in [0.1, 0.15) is 51.6 Å². The number of pyridine rings is 1. The molecule has 2 aromatic rings. The SMILES string of the molecule is O=C(NC1CCCc2c(CCO)cccc21)c1ccc(C(F)(F)F)[nH]c1=O. The molecule has 3 N–H and O–H groups in total. The van der Waals surface area contributed by atoms with Gasteiger partial charge in [0, 0.05) is 6.61 Å². The lowest BCUT2D eigenvalue weighted by molar-refractivity contribution is -0.141. The van der Waals surface area contributed by atoms with Crippen molar-refractivity contribution in [3.05, 3.63) is 68.6 Å². The average molecular weight is 380 g/mol. The van der Waals surface area contributed by atoms with Gasteiger partial charge in [0.25, 0.3) is 11.5 Å². The van der Waals surface area contributed by atoms with E-state index in [1.165, 1.54) is 0 Å². The molecule has 27 heavy (non-hydrogen) atoms. The van der Waals surface area contributed by atoms with Gasteiger partial charge in [-0.3, -0.25) is 9.59 Å². The third-order valence-corrected chi connectivity index (χ3v) is 4.75. The van der Waals surface area contributed by atoms with Gasteiger partial charge in [-0.1, -0.05) is 18.2 Å². The molecule has 1 heterocycles. The number of alkyl halides is 3. The molecule has 0 radical (unpaired) electrons. The molecule has 0 aliphatic heterocycles. The van der Waals surface area contributed by atoms with Crippen molar-refractivity contribution in [2.45, 2.75) is 37.9 Å². The first-order chi connectivity index (χ1) is 12.8. The molecule has 0 saturated carbocycles. The maximum atomic E-state index is 12.7. The predicted octanol–water partition coefficient (Wildman–Crippen LogP) is 2.74. The smallest absolute Gasteiger partial charge is 0.396 e. The molecule has 1 unspecified atom stereocenters. The summed E-state index contributed by atoms with van der Waals surface area (Å²) in [5.74, 6) is -0.713. The van der Waals surface area contributed by atoms with Crippen molar-refractivity contribution in [1.29, 1.82) is 0 Å². The van der Waals surface area contributed by atoms with Gasteiger partial charge >= 0.3 is 6.18 Å². The summed E-state index contributed by atoms with van der Waals surface area (Å²) in [7, 11) is 0. The Morgan fingerprint density at radius 3 is 2.70 bits per heavy atom. The molecule has 1 aromatic heterocycles. The summed E-state index contributed by atoms with van der Waals surface area (Å²) >= 11 is 0. The largest absolute Gasteiger partial charge is 0.431 e. The van der Waals surface area contributed by atoms with Crippen LogP contribution in [0.15, 0.2) is 35.1 Å². The fraction of sp³-hybridized carbons (Fsp3) is 0.368. The number of aromatic amines is 1. The van der Waals surface area contributed by atoms with Crippen molar-refractivity contribution in [1.82, 2.24) is 10.3 Å². The van der Waals surface area contributed by atoms with Crippen LogP contribution in [-0.2, 0) is 19.0 Å². The number of H-pyrrole nitrogens is 1. The van der Waals surface area contributed by atoms with Crippen LogP contribution in [0, 0.1) is 0 Å². The highest BCUT2D eigenvalue weighted by Crippen LogP contribution is 2.32. The van der Waals surface area contributed by atoms with Gasteiger partial charge in [0.05, 0.1) is 6.04 Å². The Kier molecular flexibility index (Phi) is 5.36. The molecular weight excluding hydrogens is 361 g/mol. The van der Waals surface area contributed by atoms with E-state index in [-0.39, 0.29) is 18.2 Å². The molecule has 1 amide bonds. The number of aromatic nitrogens is 1. The van der Waals surface area contributed by atoms with Crippen molar-refractivity contribution in [3.63, 3.8) is 0 Å². The van der Waals surface area contributed by atoms with Gasteiger partial charge < -0.3 is 15.4 Å². The zero-order valence-corrected chi connectivity index (χ0v) is 14.4. The number of amides is 1. The third kappa shape index (κ3) is 4.05. The topological polar surface area (TPSA) is 82.2 Å². The summed E-state index contributed by atoms with van der Waals surface area (Å²) in [5.41, 5.74) is 0.379. The Morgan fingerprint density at radius 1 is 1.26 bits per heavy atom. The minimum absolute atomic E-state index is 0.0222. The summed E-state index contributed by atoms with van der Waals surface area (Å²) in [6.45, 7) is 0.0222. The Bertz CT molecular complexity index is 906. The van der Waals surface area contributed by atoms with E-state index in [0.29, 0.717) is 18.9 Å². The number of benzene rings is 1. The summed E-state index contributed by atoms with van der Waals surface area (Å²) in [5, 5.41) is 12.0. The molecule has 8 heteroatoms. The van der Waals surface area contributed by atoms with Crippen LogP contribution in [0.5, 0.6) is 0 Å². The lowest BCUT2D eigenvalue weighted by Gasteiger charge is -2.28. The van der Waals surface area contributed by atoms with Gasteiger partial charge in [0.15, 0.2) is 0 Å². The number of halogens is 3. The number of fused-ring (bicyclic) bond motifs is 1. The maximum Gasteiger partial charge on any atom is 0.431 e. The number of hydrogen-bond donors (Lipinski definition) is 3. The minimum atomic E-state index is -4.68. The molecule has 3 rings (SSSR count). The molecule has 1 aliphatic rings. The van der Waals surface area contributed by atoms with Gasteiger partial charge in [-0.05, 0) is 54.5 Å². The third-order valence-electron chi connectivity index (χ3n) is 4.75. The van der Waals surface area contributed by atoms with E-state index in [1.807, 2.05) is 18.2 Å². The second-order valence-corrected chi connectivity index (χ2v) is 6.49. The van der Waals surface area contributed by atoms with E-state index in [0.717, 1.165) is 35.6 Å². The molecule has 0 bridgehead atoms. The number of carbonyl (C=O) groups excluding carboxylic acids is 1. The van der Waals surface area contributed by atoms with E-state index in [9.17, 15) is 27.9 Å². The summed E-state index contributed by atoms with van der Waals surface area (Å²) < 4.78 is 38.0. The van der Waals surface area contributed by atoms with Crippen molar-refractivity contribution in [3.8, 4) is 0 Å². The molecular formula is C19H19F3N2O3. The molecule has 1 aliphatic carbocycles. The number of rotatable bonds is 4. The molecule has 5 nitrogen and oxygen atoms in total. The van der Waals surface area contributed by atoms with E-state index >= 15 is 0 Å². The lowest BCUT2D eigenvalue weighted by Crippen LogP contribution is -2.35. The predicted molar refractivity (Wildman–Crippen MR) is 92.4 cm³/mol. The Morgan fingerprint density at radius 2 is 2.04 bits per heavy atom. The van der Waals surface area contributed by atoms with E-state index in [2.05, 4.69) is 5.32 Å². The van der Waals surface area contributed by atoms with Crippen LogP contribution < -0.4 is 10.9 Å². The Hall–Kier alpha value is -2.61. The van der Waals surface area contributed by atoms with Crippen LogP contribution in [0.25, 0.3) is 0 Å². The van der Waals surface area contributed by atoms with E-state index in [1.54, 1.807) is 4.98 Å². The number of aliphatic hydroxyl groups excluding tert-OH is 1. The standard InChI is InChI=1S/C19H19F3N2O3/c20-19(21,22)16-8-7-14(18(27)24-16)17(26)23-15-6-2-4-12-11(9-10-25)3-1-5-13(12)15/h1,3,5,7-8,15,25H,2,4,6,9-10H2,(H,23,26)(H,24,27). The second kappa shape index (κ2) is 7.56. The summed E-state index contributed by atoms with van der Waals surface area (Å²) in [6.07, 6.45) is -1.84. The van der Waals surface area contributed by atoms with Crippen molar-refractivity contribution in [2.75, 3.05) is 6.61 Å². The highest BCUT2D eigenvalue weighted by molar-refractivity contribution is 5.94. The zero-order chi connectivity index (χ0) is 19.6. The highest BCUT2D eigenvalue weighted by Gasteiger charge is 2.32. The monoisotopic (exact) mass is 380 g/mol.